The van der Waals surface area contributed by atoms with Crippen LogP contribution in [0.2, 0.25) is 0 Å². The lowest BCUT2D eigenvalue weighted by atomic mass is 9.40. The number of esters is 3. The zero-order valence-electron chi connectivity index (χ0n) is 21.5. The lowest BCUT2D eigenvalue weighted by Gasteiger charge is -2.65. The summed E-state index contributed by atoms with van der Waals surface area (Å²) >= 11 is 0. The largest absolute Gasteiger partial charge is 0.504 e. The molecule has 0 aromatic heterocycles. The first-order valence-electron chi connectivity index (χ1n) is 12.7. The van der Waals surface area contributed by atoms with E-state index in [1.807, 2.05) is 0 Å². The maximum atomic E-state index is 13.5. The van der Waals surface area contributed by atoms with Gasteiger partial charge in [0, 0.05) is 28.7 Å². The second kappa shape index (κ2) is 8.23. The molecule has 2 saturated carbocycles. The van der Waals surface area contributed by atoms with E-state index in [1.54, 1.807) is 32.0 Å². The highest BCUT2D eigenvalue weighted by Gasteiger charge is 2.84. The molecule has 1 aromatic rings. The molecule has 3 N–H and O–H groups in total. The van der Waals surface area contributed by atoms with Gasteiger partial charge in [0.25, 0.3) is 0 Å². The Bertz CT molecular complexity index is 1360. The van der Waals surface area contributed by atoms with Crippen LogP contribution in [-0.2, 0) is 33.3 Å². The normalized spacial score (nSPS) is 42.1. The van der Waals surface area contributed by atoms with Crippen LogP contribution in [0.25, 0.3) is 0 Å². The molecule has 2 aliphatic heterocycles. The monoisotopic (exact) mass is 540 g/mol. The van der Waals surface area contributed by atoms with Crippen molar-refractivity contribution in [2.75, 3.05) is 13.7 Å². The molecule has 4 fully saturated rings. The van der Waals surface area contributed by atoms with E-state index < -0.39 is 82.1 Å². The van der Waals surface area contributed by atoms with E-state index in [0.717, 1.165) is 7.11 Å². The number of carbonyl (C=O) groups excluding carboxylic acids is 4. The molecule has 206 valence electrons. The van der Waals surface area contributed by atoms with Crippen LogP contribution >= 0.6 is 0 Å². The van der Waals surface area contributed by atoms with Gasteiger partial charge in [0.05, 0.1) is 31.3 Å². The Labute approximate surface area is 223 Å². The maximum Gasteiger partial charge on any atom is 0.348 e. The maximum absolute atomic E-state index is 13.5. The van der Waals surface area contributed by atoms with Gasteiger partial charge < -0.3 is 34.3 Å². The van der Waals surface area contributed by atoms with Crippen molar-refractivity contribution >= 4 is 23.7 Å². The number of methoxy groups -OCH3 is 1. The Balaban J connectivity index is 1.57. The molecule has 3 aliphatic carbocycles. The highest BCUT2D eigenvalue weighted by Crippen LogP contribution is 2.71. The van der Waals surface area contributed by atoms with Crippen molar-refractivity contribution in [3.8, 4) is 0 Å². The molecule has 9 atom stereocenters. The van der Waals surface area contributed by atoms with Gasteiger partial charge in [0.2, 0.25) is 17.5 Å². The fraction of sp³-hybridized carbons (Fsp3) is 0.500. The summed E-state index contributed by atoms with van der Waals surface area (Å²) in [4.78, 5) is 52.7. The molecule has 0 radical (unpaired) electrons. The number of ketones is 1. The minimum Gasteiger partial charge on any atom is -0.504 e. The van der Waals surface area contributed by atoms with Crippen molar-refractivity contribution in [1.29, 1.82) is 0 Å². The van der Waals surface area contributed by atoms with E-state index in [0.29, 0.717) is 5.57 Å². The minimum absolute atomic E-state index is 0.0410. The highest BCUT2D eigenvalue weighted by atomic mass is 16.6. The Morgan fingerprint density at radius 1 is 1.10 bits per heavy atom. The summed E-state index contributed by atoms with van der Waals surface area (Å²) in [5, 5.41) is 33.8. The van der Waals surface area contributed by atoms with Gasteiger partial charge in [-0.2, -0.15) is 0 Å². The van der Waals surface area contributed by atoms with E-state index in [1.165, 1.54) is 18.2 Å². The quantitative estimate of drug-likeness (QED) is 0.366. The summed E-state index contributed by atoms with van der Waals surface area (Å²) in [7, 11) is 1.08. The summed E-state index contributed by atoms with van der Waals surface area (Å²) < 4.78 is 22.7. The molecule has 6 rings (SSSR count). The van der Waals surface area contributed by atoms with E-state index in [4.69, 9.17) is 18.9 Å². The third-order valence-electron chi connectivity index (χ3n) is 9.57. The van der Waals surface area contributed by atoms with Crippen molar-refractivity contribution < 1.29 is 53.4 Å². The van der Waals surface area contributed by atoms with Gasteiger partial charge in [0.1, 0.15) is 12.2 Å². The predicted molar refractivity (Wildman–Crippen MR) is 129 cm³/mol. The Hall–Kier alpha value is -3.54. The SMILES string of the molecule is COC(=O)[C@@]12OC[C@@]34[C@H](CC5=C(C)C(=O)C(O)=C[C@@]5(C)[C@@H]3[C@@H](O)[C@@H]1O)OC(=O)[C@H](OC(=O)c1ccccc1)[C@@H]24. The lowest BCUT2D eigenvalue weighted by Crippen LogP contribution is -2.78. The van der Waals surface area contributed by atoms with Crippen molar-refractivity contribution in [3.63, 3.8) is 0 Å². The third kappa shape index (κ3) is 2.98. The molecular weight excluding hydrogens is 512 g/mol. The van der Waals surface area contributed by atoms with Crippen LogP contribution in [0.3, 0.4) is 0 Å². The molecule has 2 saturated heterocycles. The number of aliphatic hydroxyl groups excluding tert-OH is 3. The average Bonchev–Trinajstić information content (AvgIpc) is 3.23. The number of rotatable bonds is 3. The molecule has 1 aromatic carbocycles. The van der Waals surface area contributed by atoms with Crippen molar-refractivity contribution in [2.24, 2.45) is 22.7 Å². The second-order valence-electron chi connectivity index (χ2n) is 11.1. The summed E-state index contributed by atoms with van der Waals surface area (Å²) in [6, 6.07) is 7.92. The van der Waals surface area contributed by atoms with Gasteiger partial charge in [-0.1, -0.05) is 25.1 Å². The van der Waals surface area contributed by atoms with Crippen LogP contribution in [-0.4, -0.2) is 82.7 Å². The molecule has 0 amide bonds. The molecule has 5 aliphatic rings. The van der Waals surface area contributed by atoms with Crippen molar-refractivity contribution in [3.05, 3.63) is 58.9 Å². The third-order valence-corrected chi connectivity index (χ3v) is 9.57. The van der Waals surface area contributed by atoms with E-state index in [9.17, 15) is 34.5 Å². The molecule has 1 spiro atoms. The topological polar surface area (TPSA) is 166 Å². The Kier molecular flexibility index (Phi) is 5.43. The highest BCUT2D eigenvalue weighted by molar-refractivity contribution is 6.08. The number of benzene rings is 1. The zero-order chi connectivity index (χ0) is 28.1. The first-order chi connectivity index (χ1) is 18.4. The minimum atomic E-state index is -2.26. The predicted octanol–water partition coefficient (Wildman–Crippen LogP) is 0.785. The van der Waals surface area contributed by atoms with Gasteiger partial charge in [-0.3, -0.25) is 4.79 Å². The first kappa shape index (κ1) is 25.7. The van der Waals surface area contributed by atoms with Gasteiger partial charge in [-0.05, 0) is 30.7 Å². The number of fused-ring (bicyclic) bond motifs is 2. The number of Topliss-reactive ketones (excluding diaryl/α,β-unsaturated/α-hetero) is 1. The zero-order valence-corrected chi connectivity index (χ0v) is 21.5. The van der Waals surface area contributed by atoms with Crippen LogP contribution in [0.15, 0.2) is 53.3 Å². The number of hydrogen-bond donors (Lipinski definition) is 3. The fourth-order valence-electron chi connectivity index (χ4n) is 8.07. The van der Waals surface area contributed by atoms with Gasteiger partial charge in [0.15, 0.2) is 5.76 Å². The second-order valence-corrected chi connectivity index (χ2v) is 11.1. The number of carbonyl (C=O) groups is 4. The van der Waals surface area contributed by atoms with Gasteiger partial charge in [-0.15, -0.1) is 0 Å². The van der Waals surface area contributed by atoms with E-state index in [2.05, 4.69) is 0 Å². The van der Waals surface area contributed by atoms with E-state index >= 15 is 0 Å². The number of hydrogen-bond acceptors (Lipinski definition) is 11. The lowest BCUT2D eigenvalue weighted by molar-refractivity contribution is -0.270. The Morgan fingerprint density at radius 2 is 1.79 bits per heavy atom. The number of ether oxygens (including phenoxy) is 4. The summed E-state index contributed by atoms with van der Waals surface area (Å²) in [5.41, 5.74) is -3.91. The molecule has 0 unspecified atom stereocenters. The van der Waals surface area contributed by atoms with Gasteiger partial charge in [-0.25, -0.2) is 14.4 Å². The van der Waals surface area contributed by atoms with Crippen LogP contribution in [0.1, 0.15) is 30.6 Å². The molecule has 2 bridgehead atoms. The molecule has 11 heteroatoms. The fourth-order valence-corrected chi connectivity index (χ4v) is 8.07. The van der Waals surface area contributed by atoms with Gasteiger partial charge >= 0.3 is 17.9 Å². The summed E-state index contributed by atoms with van der Waals surface area (Å²) in [6.45, 7) is 2.99. The Morgan fingerprint density at radius 3 is 2.46 bits per heavy atom. The summed E-state index contributed by atoms with van der Waals surface area (Å²) in [5.74, 6) is -6.29. The van der Waals surface area contributed by atoms with Crippen molar-refractivity contribution in [1.82, 2.24) is 0 Å². The standard InChI is InChI=1S/C28H28O11/c1-12-14-9-16-27-11-37-28(25(35)36-3,22(32)18(31)20(27)26(14,2)10-15(29)17(12)30)21(27)19(24(34)38-16)39-23(33)13-7-5-4-6-8-13/h4-8,10,16,18-22,29,31-32H,9,11H2,1-3H3/t16-,18+,19+,20-,21+,22-,26+,27+,28-/m0/s1. The number of aliphatic hydroxyl groups is 3. The van der Waals surface area contributed by atoms with Crippen LogP contribution in [0.4, 0.5) is 0 Å². The molecule has 39 heavy (non-hydrogen) atoms. The molecule has 11 nitrogen and oxygen atoms in total. The van der Waals surface area contributed by atoms with Crippen molar-refractivity contribution in [2.45, 2.75) is 50.3 Å². The van der Waals surface area contributed by atoms with Crippen LogP contribution in [0.5, 0.6) is 0 Å². The number of allylic oxidation sites excluding steroid dienone is 2. The molecular formula is C28H28O11. The van der Waals surface area contributed by atoms with Crippen LogP contribution in [0, 0.1) is 22.7 Å². The van der Waals surface area contributed by atoms with Crippen LogP contribution < -0.4 is 0 Å². The van der Waals surface area contributed by atoms with E-state index in [-0.39, 0.29) is 24.2 Å². The average molecular weight is 541 g/mol. The smallest absolute Gasteiger partial charge is 0.348 e. The first-order valence-corrected chi connectivity index (χ1v) is 12.7. The summed E-state index contributed by atoms with van der Waals surface area (Å²) in [6.07, 6.45) is -4.87. The molecule has 2 heterocycles.